The molecule has 2 aromatic heterocycles. The molecule has 3 heterocycles. The fraction of sp³-hybridized carbons (Fsp3) is 0.133. The quantitative estimate of drug-likeness (QED) is 0.623. The Kier molecular flexibility index (Phi) is 3.96. The number of nitriles is 1. The van der Waals surface area contributed by atoms with E-state index >= 15 is 0 Å². The molecule has 4 rings (SSSR count). The highest BCUT2D eigenvalue weighted by Crippen LogP contribution is 2.44. The van der Waals surface area contributed by atoms with Gasteiger partial charge in [0.2, 0.25) is 6.79 Å². The summed E-state index contributed by atoms with van der Waals surface area (Å²) in [4.78, 5) is 8.73. The third-order valence-electron chi connectivity index (χ3n) is 3.39. The molecular weight excluding hydrogens is 412 g/mol. The number of benzene rings is 1. The minimum Gasteiger partial charge on any atom is -0.453 e. The van der Waals surface area contributed by atoms with E-state index in [4.69, 9.17) is 9.47 Å². The zero-order valence-corrected chi connectivity index (χ0v) is 15.5. The van der Waals surface area contributed by atoms with E-state index in [2.05, 4.69) is 37.3 Å². The van der Waals surface area contributed by atoms with E-state index in [1.807, 2.05) is 18.4 Å². The first-order valence-corrected chi connectivity index (χ1v) is 9.63. The van der Waals surface area contributed by atoms with Crippen molar-refractivity contribution < 1.29 is 9.47 Å². The summed E-state index contributed by atoms with van der Waals surface area (Å²) < 4.78 is 13.6. The molecule has 1 aliphatic rings. The van der Waals surface area contributed by atoms with E-state index in [-0.39, 0.29) is 6.79 Å². The first kappa shape index (κ1) is 15.5. The smallest absolute Gasteiger partial charge is 0.231 e. The first-order chi connectivity index (χ1) is 11.7. The normalized spacial score (nSPS) is 12.4. The van der Waals surface area contributed by atoms with Crippen LogP contribution in [0.5, 0.6) is 11.5 Å². The molecule has 0 atom stereocenters. The monoisotopic (exact) mass is 420 g/mol. The Morgan fingerprint density at radius 3 is 3.08 bits per heavy atom. The van der Waals surface area contributed by atoms with Gasteiger partial charge in [-0.1, -0.05) is 27.7 Å². The van der Waals surface area contributed by atoms with Gasteiger partial charge >= 0.3 is 0 Å². The zero-order chi connectivity index (χ0) is 16.7. The molecule has 1 aromatic carbocycles. The molecule has 0 spiro atoms. The minimum absolute atomic E-state index is 0.175. The summed E-state index contributed by atoms with van der Waals surface area (Å²) in [6.45, 7) is 0.175. The van der Waals surface area contributed by atoms with Crippen LogP contribution in [0.25, 0.3) is 10.3 Å². The van der Waals surface area contributed by atoms with Gasteiger partial charge < -0.3 is 14.8 Å². The van der Waals surface area contributed by atoms with Gasteiger partial charge in [-0.3, -0.25) is 0 Å². The van der Waals surface area contributed by atoms with Gasteiger partial charge in [-0.25, -0.2) is 9.97 Å². The number of anilines is 2. The fourth-order valence-corrected chi connectivity index (χ4v) is 4.31. The fourth-order valence-electron chi connectivity index (χ4n) is 2.36. The summed E-state index contributed by atoms with van der Waals surface area (Å²) in [6, 6.07) is 5.91. The van der Waals surface area contributed by atoms with Crippen molar-refractivity contribution in [3.8, 4) is 17.6 Å². The van der Waals surface area contributed by atoms with Crippen molar-refractivity contribution in [3.05, 3.63) is 28.4 Å². The van der Waals surface area contributed by atoms with Crippen molar-refractivity contribution in [1.29, 1.82) is 5.26 Å². The number of hydrogen-bond acceptors (Lipinski definition) is 8. The predicted octanol–water partition coefficient (Wildman–Crippen LogP) is 4.52. The maximum Gasteiger partial charge on any atom is 0.231 e. The summed E-state index contributed by atoms with van der Waals surface area (Å²) >= 11 is 6.52. The molecule has 1 aliphatic heterocycles. The van der Waals surface area contributed by atoms with Gasteiger partial charge in [0.05, 0.1) is 21.6 Å². The number of nitrogens with zero attached hydrogens (tertiary/aromatic N) is 3. The summed E-state index contributed by atoms with van der Waals surface area (Å²) in [5.41, 5.74) is 2.47. The lowest BCUT2D eigenvalue weighted by Crippen LogP contribution is -1.98. The van der Waals surface area contributed by atoms with E-state index in [0.717, 1.165) is 19.2 Å². The average Bonchev–Trinajstić information content (AvgIpc) is 3.21. The van der Waals surface area contributed by atoms with Crippen LogP contribution in [0.3, 0.4) is 0 Å². The van der Waals surface area contributed by atoms with Crippen LogP contribution >= 0.6 is 39.0 Å². The second-order valence-corrected chi connectivity index (χ2v) is 7.78. The number of fused-ring (bicyclic) bond motifs is 2. The summed E-state index contributed by atoms with van der Waals surface area (Å²) in [5.74, 6) is 1.28. The maximum atomic E-state index is 9.45. The van der Waals surface area contributed by atoms with Crippen LogP contribution in [-0.2, 0) is 0 Å². The lowest BCUT2D eigenvalue weighted by atomic mass is 10.2. The molecule has 120 valence electrons. The van der Waals surface area contributed by atoms with Gasteiger partial charge in [0.15, 0.2) is 21.5 Å². The Balaban J connectivity index is 1.88. The third kappa shape index (κ3) is 2.56. The van der Waals surface area contributed by atoms with Crippen LogP contribution in [0, 0.1) is 11.3 Å². The molecule has 0 amide bonds. The van der Waals surface area contributed by atoms with E-state index < -0.39 is 0 Å². The van der Waals surface area contributed by atoms with Gasteiger partial charge in [0, 0.05) is 10.7 Å². The standard InChI is InChI=1S/C15H9BrN4O2S2/c1-23-15-20-14-13(24-15)11(7(4-17)5-18-14)19-9-2-8(16)3-10-12(9)22-6-21-10/h2-3,5H,6H2,1H3,(H,18,19). The topological polar surface area (TPSA) is 80.1 Å². The summed E-state index contributed by atoms with van der Waals surface area (Å²) in [7, 11) is 0. The van der Waals surface area contributed by atoms with Crippen LogP contribution in [0.15, 0.2) is 27.1 Å². The third-order valence-corrected chi connectivity index (χ3v) is 5.90. The first-order valence-electron chi connectivity index (χ1n) is 6.79. The van der Waals surface area contributed by atoms with Crippen molar-refractivity contribution in [2.75, 3.05) is 18.4 Å². The molecule has 3 aromatic rings. The second kappa shape index (κ2) is 6.12. The molecule has 9 heteroatoms. The number of thioether (sulfide) groups is 1. The van der Waals surface area contributed by atoms with E-state index in [0.29, 0.717) is 28.4 Å². The molecule has 0 saturated heterocycles. The minimum atomic E-state index is 0.175. The van der Waals surface area contributed by atoms with Crippen LogP contribution in [0.2, 0.25) is 0 Å². The van der Waals surface area contributed by atoms with E-state index in [9.17, 15) is 5.26 Å². The number of pyridine rings is 1. The Hall–Kier alpha value is -2.02. The lowest BCUT2D eigenvalue weighted by molar-refractivity contribution is 0.174. The zero-order valence-electron chi connectivity index (χ0n) is 12.3. The molecule has 0 aliphatic carbocycles. The Labute approximate surface area is 153 Å². The molecule has 0 bridgehead atoms. The number of hydrogen-bond donors (Lipinski definition) is 1. The highest BCUT2D eigenvalue weighted by molar-refractivity contribution is 9.10. The van der Waals surface area contributed by atoms with Crippen molar-refractivity contribution in [1.82, 2.24) is 9.97 Å². The molecule has 6 nitrogen and oxygen atoms in total. The number of thiazole rings is 1. The van der Waals surface area contributed by atoms with Crippen molar-refractivity contribution in [2.45, 2.75) is 4.34 Å². The molecule has 0 unspecified atom stereocenters. The van der Waals surface area contributed by atoms with Gasteiger partial charge in [-0.2, -0.15) is 5.26 Å². The average molecular weight is 421 g/mol. The summed E-state index contributed by atoms with van der Waals surface area (Å²) in [6.07, 6.45) is 3.49. The largest absolute Gasteiger partial charge is 0.453 e. The second-order valence-electron chi connectivity index (χ2n) is 4.81. The maximum absolute atomic E-state index is 9.45. The lowest BCUT2D eigenvalue weighted by Gasteiger charge is -2.11. The number of aromatic nitrogens is 2. The number of ether oxygens (including phenoxy) is 2. The van der Waals surface area contributed by atoms with Gasteiger partial charge in [-0.05, 0) is 18.4 Å². The Bertz CT molecular complexity index is 999. The molecule has 24 heavy (non-hydrogen) atoms. The number of nitrogens with one attached hydrogen (secondary N) is 1. The van der Waals surface area contributed by atoms with Crippen molar-refractivity contribution >= 4 is 60.8 Å². The highest BCUT2D eigenvalue weighted by atomic mass is 79.9. The van der Waals surface area contributed by atoms with Crippen molar-refractivity contribution in [3.63, 3.8) is 0 Å². The predicted molar refractivity (Wildman–Crippen MR) is 97.5 cm³/mol. The summed E-state index contributed by atoms with van der Waals surface area (Å²) in [5, 5.41) is 12.8. The Morgan fingerprint density at radius 2 is 2.29 bits per heavy atom. The SMILES string of the molecule is CSc1nc2ncc(C#N)c(Nc3cc(Br)cc4c3OCO4)c2s1. The highest BCUT2D eigenvalue weighted by Gasteiger charge is 2.21. The van der Waals surface area contributed by atoms with Gasteiger partial charge in [-0.15, -0.1) is 11.3 Å². The molecular formula is C15H9BrN4O2S2. The molecule has 0 fully saturated rings. The molecule has 0 radical (unpaired) electrons. The molecule has 1 N–H and O–H groups in total. The number of rotatable bonds is 3. The molecule has 0 saturated carbocycles. The Morgan fingerprint density at radius 1 is 1.42 bits per heavy atom. The van der Waals surface area contributed by atoms with Crippen LogP contribution in [0.4, 0.5) is 11.4 Å². The van der Waals surface area contributed by atoms with Crippen LogP contribution in [0.1, 0.15) is 5.56 Å². The number of halogens is 1. The van der Waals surface area contributed by atoms with E-state index in [1.165, 1.54) is 17.5 Å². The van der Waals surface area contributed by atoms with Crippen molar-refractivity contribution in [2.24, 2.45) is 0 Å². The van der Waals surface area contributed by atoms with Crippen LogP contribution < -0.4 is 14.8 Å². The van der Waals surface area contributed by atoms with Crippen LogP contribution in [-0.4, -0.2) is 23.0 Å². The van der Waals surface area contributed by atoms with Gasteiger partial charge in [0.25, 0.3) is 0 Å². The van der Waals surface area contributed by atoms with E-state index in [1.54, 1.807) is 11.8 Å². The van der Waals surface area contributed by atoms with Gasteiger partial charge in [0.1, 0.15) is 6.07 Å².